The lowest BCUT2D eigenvalue weighted by atomic mass is 10.2. The van der Waals surface area contributed by atoms with Crippen LogP contribution in [0.3, 0.4) is 0 Å². The zero-order valence-electron chi connectivity index (χ0n) is 13.3. The first-order chi connectivity index (χ1) is 12.3. The first-order valence-electron chi connectivity index (χ1n) is 7.11. The predicted octanol–water partition coefficient (Wildman–Crippen LogP) is 3.71. The van der Waals surface area contributed by atoms with Gasteiger partial charge < -0.3 is 14.8 Å². The van der Waals surface area contributed by atoms with Crippen molar-refractivity contribution >= 4 is 46.7 Å². The lowest BCUT2D eigenvalue weighted by molar-refractivity contribution is -0.119. The zero-order valence-corrected chi connectivity index (χ0v) is 14.9. The van der Waals surface area contributed by atoms with E-state index in [0.717, 1.165) is 12.1 Å². The largest absolute Gasteiger partial charge is 0.465 e. The van der Waals surface area contributed by atoms with Crippen LogP contribution in [0.15, 0.2) is 36.4 Å². The highest BCUT2D eigenvalue weighted by atomic mass is 35.5. The fourth-order valence-electron chi connectivity index (χ4n) is 1.89. The van der Waals surface area contributed by atoms with Crippen LogP contribution in [0, 0.1) is 5.82 Å². The Hall–Kier alpha value is -2.64. The number of carbonyl (C=O) groups excluding carboxylic acids is 3. The minimum Gasteiger partial charge on any atom is -0.465 e. The number of hydrogen-bond donors (Lipinski definition) is 1. The number of esters is 2. The molecule has 136 valence electrons. The van der Waals surface area contributed by atoms with Gasteiger partial charge in [-0.15, -0.1) is 0 Å². The third-order valence-electron chi connectivity index (χ3n) is 3.15. The average Bonchev–Trinajstić information content (AvgIpc) is 2.62. The molecule has 0 radical (unpaired) electrons. The molecule has 2 aromatic rings. The molecule has 0 saturated heterocycles. The summed E-state index contributed by atoms with van der Waals surface area (Å²) in [6.45, 7) is -0.613. The Morgan fingerprint density at radius 1 is 1.04 bits per heavy atom. The van der Waals surface area contributed by atoms with E-state index in [4.69, 9.17) is 27.9 Å². The fourth-order valence-corrected chi connectivity index (χ4v) is 2.35. The molecular formula is C17H12Cl2FNO5. The van der Waals surface area contributed by atoms with E-state index in [0.29, 0.717) is 11.3 Å². The molecule has 1 amide bonds. The van der Waals surface area contributed by atoms with E-state index >= 15 is 0 Å². The predicted molar refractivity (Wildman–Crippen MR) is 93.1 cm³/mol. The highest BCUT2D eigenvalue weighted by Gasteiger charge is 2.17. The molecule has 0 spiro atoms. The maximum absolute atomic E-state index is 13.4. The zero-order chi connectivity index (χ0) is 19.3. The van der Waals surface area contributed by atoms with E-state index in [1.54, 1.807) is 0 Å². The number of methoxy groups -OCH3 is 1. The number of benzene rings is 2. The lowest BCUT2D eigenvalue weighted by Crippen LogP contribution is -2.21. The Kier molecular flexibility index (Phi) is 6.54. The van der Waals surface area contributed by atoms with Crippen LogP contribution < -0.4 is 5.32 Å². The van der Waals surface area contributed by atoms with Gasteiger partial charge in [0.15, 0.2) is 6.61 Å². The van der Waals surface area contributed by atoms with Gasteiger partial charge in [0.2, 0.25) is 0 Å². The van der Waals surface area contributed by atoms with Gasteiger partial charge in [-0.2, -0.15) is 0 Å². The molecule has 0 heterocycles. The third kappa shape index (κ3) is 4.93. The van der Waals surface area contributed by atoms with E-state index in [2.05, 4.69) is 10.1 Å². The number of carbonyl (C=O) groups is 3. The Bertz CT molecular complexity index is 855. The third-order valence-corrected chi connectivity index (χ3v) is 3.76. The number of halogens is 3. The van der Waals surface area contributed by atoms with Crippen LogP contribution in [0.25, 0.3) is 0 Å². The Morgan fingerprint density at radius 2 is 1.69 bits per heavy atom. The first-order valence-corrected chi connectivity index (χ1v) is 7.87. The van der Waals surface area contributed by atoms with Crippen molar-refractivity contribution < 1.29 is 28.2 Å². The van der Waals surface area contributed by atoms with Gasteiger partial charge in [-0.25, -0.2) is 14.0 Å². The summed E-state index contributed by atoms with van der Waals surface area (Å²) in [5.74, 6) is -2.95. The van der Waals surface area contributed by atoms with E-state index in [9.17, 15) is 18.8 Å². The van der Waals surface area contributed by atoms with Gasteiger partial charge >= 0.3 is 11.9 Å². The molecular weight excluding hydrogens is 388 g/mol. The molecule has 0 saturated carbocycles. The van der Waals surface area contributed by atoms with E-state index in [-0.39, 0.29) is 15.6 Å². The highest BCUT2D eigenvalue weighted by molar-refractivity contribution is 6.36. The van der Waals surface area contributed by atoms with Crippen LogP contribution in [-0.2, 0) is 14.3 Å². The van der Waals surface area contributed by atoms with Gasteiger partial charge in [0, 0.05) is 5.69 Å². The summed E-state index contributed by atoms with van der Waals surface area (Å²) in [4.78, 5) is 35.0. The molecule has 2 aromatic carbocycles. The van der Waals surface area contributed by atoms with Crippen LogP contribution in [0.1, 0.15) is 20.7 Å². The molecule has 0 bridgehead atoms. The fraction of sp³-hybridized carbons (Fsp3) is 0.118. The van der Waals surface area contributed by atoms with Gasteiger partial charge in [-0.1, -0.05) is 23.2 Å². The molecule has 6 nitrogen and oxygen atoms in total. The number of amides is 1. The van der Waals surface area contributed by atoms with Gasteiger partial charge in [0.25, 0.3) is 5.91 Å². The van der Waals surface area contributed by atoms with Crippen LogP contribution in [0.4, 0.5) is 10.1 Å². The smallest absolute Gasteiger partial charge is 0.340 e. The molecule has 9 heteroatoms. The average molecular weight is 400 g/mol. The number of anilines is 1. The second kappa shape index (κ2) is 8.64. The van der Waals surface area contributed by atoms with E-state index in [1.165, 1.54) is 31.4 Å². The molecule has 26 heavy (non-hydrogen) atoms. The SMILES string of the molecule is COC(=O)c1ccc(NC(=O)COC(=O)c2cc(F)c(Cl)cc2Cl)cc1. The maximum Gasteiger partial charge on any atom is 0.340 e. The number of rotatable bonds is 5. The maximum atomic E-state index is 13.4. The van der Waals surface area contributed by atoms with E-state index < -0.39 is 30.3 Å². The molecule has 1 N–H and O–H groups in total. The van der Waals surface area contributed by atoms with Crippen LogP contribution in [0.5, 0.6) is 0 Å². The summed E-state index contributed by atoms with van der Waals surface area (Å²) < 4.78 is 22.8. The monoisotopic (exact) mass is 399 g/mol. The molecule has 0 atom stereocenters. The number of hydrogen-bond acceptors (Lipinski definition) is 5. The lowest BCUT2D eigenvalue weighted by Gasteiger charge is -2.08. The summed E-state index contributed by atoms with van der Waals surface area (Å²) >= 11 is 11.3. The highest BCUT2D eigenvalue weighted by Crippen LogP contribution is 2.24. The minimum atomic E-state index is -0.971. The second-order valence-corrected chi connectivity index (χ2v) is 5.75. The Morgan fingerprint density at radius 3 is 2.31 bits per heavy atom. The van der Waals surface area contributed by atoms with Crippen molar-refractivity contribution in [3.8, 4) is 0 Å². The molecule has 0 aromatic heterocycles. The Labute approximate surface area is 157 Å². The summed E-state index contributed by atoms with van der Waals surface area (Å²) in [6.07, 6.45) is 0. The van der Waals surface area contributed by atoms with E-state index in [1.807, 2.05) is 0 Å². The standard InChI is InChI=1S/C17H12Cl2FNO5/c1-25-16(23)9-2-4-10(5-3-9)21-15(22)8-26-17(24)11-6-14(20)13(19)7-12(11)18/h2-7H,8H2,1H3,(H,21,22). The van der Waals surface area contributed by atoms with Crippen LogP contribution >= 0.6 is 23.2 Å². The van der Waals surface area contributed by atoms with Crippen LogP contribution in [-0.4, -0.2) is 31.6 Å². The summed E-state index contributed by atoms with van der Waals surface area (Å²) in [5, 5.41) is 2.14. The molecule has 0 aliphatic carbocycles. The molecule has 0 aliphatic rings. The van der Waals surface area contributed by atoms with Gasteiger partial charge in [-0.05, 0) is 36.4 Å². The van der Waals surface area contributed by atoms with Crippen molar-refractivity contribution in [2.75, 3.05) is 19.0 Å². The normalized spacial score (nSPS) is 10.2. The van der Waals surface area contributed by atoms with Crippen molar-refractivity contribution in [2.24, 2.45) is 0 Å². The molecule has 0 aliphatic heterocycles. The summed E-state index contributed by atoms with van der Waals surface area (Å²) in [6, 6.07) is 7.79. The van der Waals surface area contributed by atoms with Crippen molar-refractivity contribution in [1.82, 2.24) is 0 Å². The van der Waals surface area contributed by atoms with Gasteiger partial charge in [0.05, 0.1) is 28.3 Å². The van der Waals surface area contributed by atoms with Crippen molar-refractivity contribution in [3.05, 3.63) is 63.4 Å². The topological polar surface area (TPSA) is 81.7 Å². The number of nitrogens with one attached hydrogen (secondary N) is 1. The molecule has 0 fully saturated rings. The molecule has 2 rings (SSSR count). The number of ether oxygens (including phenoxy) is 2. The van der Waals surface area contributed by atoms with Gasteiger partial charge in [-0.3, -0.25) is 4.79 Å². The molecule has 0 unspecified atom stereocenters. The van der Waals surface area contributed by atoms with Gasteiger partial charge in [0.1, 0.15) is 5.82 Å². The Balaban J connectivity index is 1.93. The van der Waals surface area contributed by atoms with Crippen molar-refractivity contribution in [3.63, 3.8) is 0 Å². The van der Waals surface area contributed by atoms with Crippen molar-refractivity contribution in [1.29, 1.82) is 0 Å². The van der Waals surface area contributed by atoms with Crippen LogP contribution in [0.2, 0.25) is 10.0 Å². The quantitative estimate of drug-likeness (QED) is 0.611. The summed E-state index contributed by atoms with van der Waals surface area (Å²) in [7, 11) is 1.26. The van der Waals surface area contributed by atoms with Crippen molar-refractivity contribution in [2.45, 2.75) is 0 Å². The second-order valence-electron chi connectivity index (χ2n) is 4.94. The summed E-state index contributed by atoms with van der Waals surface area (Å²) in [5.41, 5.74) is 0.453. The minimum absolute atomic E-state index is 0.0970. The first kappa shape index (κ1) is 19.7.